The first-order chi connectivity index (χ1) is 9.41. The average Bonchev–Trinajstić information content (AvgIpc) is 3.06. The van der Waals surface area contributed by atoms with Crippen molar-refractivity contribution in [3.05, 3.63) is 22.4 Å². The SMILES string of the molecule is CC(C)(CNC(=O)NCC1(O)CCCC1)c1cccs1. The monoisotopic (exact) mass is 296 g/mol. The minimum atomic E-state index is -0.694. The summed E-state index contributed by atoms with van der Waals surface area (Å²) in [6.45, 7) is 5.16. The van der Waals surface area contributed by atoms with Crippen LogP contribution in [-0.4, -0.2) is 29.8 Å². The lowest BCUT2D eigenvalue weighted by Crippen LogP contribution is -2.47. The predicted octanol–water partition coefficient (Wildman–Crippen LogP) is 2.63. The third-order valence-corrected chi connectivity index (χ3v) is 5.23. The molecule has 1 aliphatic carbocycles. The van der Waals surface area contributed by atoms with Crippen molar-refractivity contribution in [3.63, 3.8) is 0 Å². The van der Waals surface area contributed by atoms with E-state index in [1.807, 2.05) is 11.4 Å². The molecule has 0 aliphatic heterocycles. The van der Waals surface area contributed by atoms with Crippen molar-refractivity contribution < 1.29 is 9.90 Å². The molecule has 4 nitrogen and oxygen atoms in total. The average molecular weight is 296 g/mol. The van der Waals surface area contributed by atoms with Crippen molar-refractivity contribution in [2.45, 2.75) is 50.5 Å². The van der Waals surface area contributed by atoms with Gasteiger partial charge in [0.1, 0.15) is 0 Å². The number of carbonyl (C=O) groups is 1. The molecule has 1 aromatic heterocycles. The molecule has 1 aromatic rings. The third kappa shape index (κ3) is 3.96. The van der Waals surface area contributed by atoms with Crippen LogP contribution in [0.4, 0.5) is 4.79 Å². The number of nitrogens with one attached hydrogen (secondary N) is 2. The summed E-state index contributed by atoms with van der Waals surface area (Å²) in [4.78, 5) is 13.1. The third-order valence-electron chi connectivity index (χ3n) is 3.99. The van der Waals surface area contributed by atoms with Gasteiger partial charge in [0.15, 0.2) is 0 Å². The smallest absolute Gasteiger partial charge is 0.314 e. The maximum Gasteiger partial charge on any atom is 0.314 e. The number of hydrogen-bond acceptors (Lipinski definition) is 3. The standard InChI is InChI=1S/C15H24N2O2S/c1-14(2,12-6-5-9-20-12)10-16-13(18)17-11-15(19)7-3-4-8-15/h5-6,9,19H,3-4,7-8,10-11H2,1-2H3,(H2,16,17,18). The summed E-state index contributed by atoms with van der Waals surface area (Å²) in [7, 11) is 0. The topological polar surface area (TPSA) is 61.4 Å². The van der Waals surface area contributed by atoms with Gasteiger partial charge in [0.25, 0.3) is 0 Å². The second-order valence-electron chi connectivity index (χ2n) is 6.33. The molecule has 0 radical (unpaired) electrons. The van der Waals surface area contributed by atoms with Crippen LogP contribution in [0.15, 0.2) is 17.5 Å². The summed E-state index contributed by atoms with van der Waals surface area (Å²) in [6, 6.07) is 3.91. The van der Waals surface area contributed by atoms with Gasteiger partial charge in [0.05, 0.1) is 5.60 Å². The first-order valence-corrected chi connectivity index (χ1v) is 8.07. The molecule has 0 aromatic carbocycles. The number of amides is 2. The molecule has 112 valence electrons. The van der Waals surface area contributed by atoms with Crippen molar-refractivity contribution in [1.82, 2.24) is 10.6 Å². The largest absolute Gasteiger partial charge is 0.388 e. The Morgan fingerprint density at radius 3 is 2.70 bits per heavy atom. The van der Waals surface area contributed by atoms with Gasteiger partial charge in [-0.15, -0.1) is 11.3 Å². The van der Waals surface area contributed by atoms with Gasteiger partial charge >= 0.3 is 6.03 Å². The maximum atomic E-state index is 11.8. The van der Waals surface area contributed by atoms with Crippen LogP contribution in [0.2, 0.25) is 0 Å². The Morgan fingerprint density at radius 2 is 2.10 bits per heavy atom. The zero-order chi connectivity index (χ0) is 14.6. The molecular formula is C15H24N2O2S. The number of aliphatic hydroxyl groups is 1. The molecule has 1 fully saturated rings. The van der Waals surface area contributed by atoms with E-state index in [1.165, 1.54) is 4.88 Å². The summed E-state index contributed by atoms with van der Waals surface area (Å²) in [5.74, 6) is 0. The molecule has 5 heteroatoms. The van der Waals surface area contributed by atoms with E-state index in [4.69, 9.17) is 0 Å². The molecule has 2 amide bonds. The number of thiophene rings is 1. The fourth-order valence-corrected chi connectivity index (χ4v) is 3.42. The van der Waals surface area contributed by atoms with E-state index in [0.717, 1.165) is 25.7 Å². The van der Waals surface area contributed by atoms with Crippen LogP contribution >= 0.6 is 11.3 Å². The van der Waals surface area contributed by atoms with E-state index in [0.29, 0.717) is 13.1 Å². The van der Waals surface area contributed by atoms with Crippen LogP contribution in [0.3, 0.4) is 0 Å². The van der Waals surface area contributed by atoms with Crippen LogP contribution in [0.25, 0.3) is 0 Å². The summed E-state index contributed by atoms with van der Waals surface area (Å²) in [5.41, 5.74) is -0.767. The zero-order valence-electron chi connectivity index (χ0n) is 12.2. The fraction of sp³-hybridized carbons (Fsp3) is 0.667. The van der Waals surface area contributed by atoms with Gasteiger partial charge in [-0.2, -0.15) is 0 Å². The highest BCUT2D eigenvalue weighted by atomic mass is 32.1. The van der Waals surface area contributed by atoms with E-state index in [9.17, 15) is 9.90 Å². The second-order valence-corrected chi connectivity index (χ2v) is 7.28. The van der Waals surface area contributed by atoms with Gasteiger partial charge in [0, 0.05) is 23.4 Å². The molecule has 0 spiro atoms. The summed E-state index contributed by atoms with van der Waals surface area (Å²) in [5, 5.41) is 17.9. The summed E-state index contributed by atoms with van der Waals surface area (Å²) >= 11 is 1.70. The van der Waals surface area contributed by atoms with Gasteiger partial charge in [-0.05, 0) is 24.3 Å². The van der Waals surface area contributed by atoms with Gasteiger partial charge in [0.2, 0.25) is 0 Å². The molecule has 1 aliphatic rings. The van der Waals surface area contributed by atoms with Crippen molar-refractivity contribution in [2.75, 3.05) is 13.1 Å². The molecule has 0 bridgehead atoms. The van der Waals surface area contributed by atoms with Crippen LogP contribution in [0.1, 0.15) is 44.4 Å². The van der Waals surface area contributed by atoms with Crippen molar-refractivity contribution >= 4 is 17.4 Å². The molecule has 0 saturated heterocycles. The van der Waals surface area contributed by atoms with Crippen LogP contribution < -0.4 is 10.6 Å². The molecule has 20 heavy (non-hydrogen) atoms. The van der Waals surface area contributed by atoms with E-state index in [2.05, 4.69) is 30.5 Å². The van der Waals surface area contributed by atoms with Crippen molar-refractivity contribution in [2.24, 2.45) is 0 Å². The Labute approximate surface area is 124 Å². The van der Waals surface area contributed by atoms with Crippen molar-refractivity contribution in [1.29, 1.82) is 0 Å². The molecular weight excluding hydrogens is 272 g/mol. The lowest BCUT2D eigenvalue weighted by Gasteiger charge is -2.25. The Kier molecular flexibility index (Phi) is 4.70. The van der Waals surface area contributed by atoms with Gasteiger partial charge in [-0.1, -0.05) is 32.8 Å². The molecule has 0 atom stereocenters. The second kappa shape index (κ2) is 6.14. The van der Waals surface area contributed by atoms with Crippen LogP contribution in [0.5, 0.6) is 0 Å². The van der Waals surface area contributed by atoms with Gasteiger partial charge < -0.3 is 15.7 Å². The molecule has 3 N–H and O–H groups in total. The number of rotatable bonds is 5. The van der Waals surface area contributed by atoms with Crippen molar-refractivity contribution in [3.8, 4) is 0 Å². The zero-order valence-corrected chi connectivity index (χ0v) is 13.1. The first-order valence-electron chi connectivity index (χ1n) is 7.19. The summed E-state index contributed by atoms with van der Waals surface area (Å²) in [6.07, 6.45) is 3.67. The minimum absolute atomic E-state index is 0.0736. The Hall–Kier alpha value is -1.07. The number of hydrogen-bond donors (Lipinski definition) is 3. The lowest BCUT2D eigenvalue weighted by molar-refractivity contribution is 0.0501. The maximum absolute atomic E-state index is 11.8. The van der Waals surface area contributed by atoms with Crippen LogP contribution in [-0.2, 0) is 5.41 Å². The Bertz CT molecular complexity index is 437. The quantitative estimate of drug-likeness (QED) is 0.782. The van der Waals surface area contributed by atoms with E-state index in [1.54, 1.807) is 11.3 Å². The predicted molar refractivity (Wildman–Crippen MR) is 82.2 cm³/mol. The number of urea groups is 1. The first kappa shape index (κ1) is 15.3. The Morgan fingerprint density at radius 1 is 1.40 bits per heavy atom. The van der Waals surface area contributed by atoms with Gasteiger partial charge in [-0.25, -0.2) is 4.79 Å². The van der Waals surface area contributed by atoms with E-state index >= 15 is 0 Å². The normalized spacial score (nSPS) is 17.9. The van der Waals surface area contributed by atoms with Crippen LogP contribution in [0, 0.1) is 0 Å². The fourth-order valence-electron chi connectivity index (χ4n) is 2.57. The highest BCUT2D eigenvalue weighted by molar-refractivity contribution is 7.10. The summed E-state index contributed by atoms with van der Waals surface area (Å²) < 4.78 is 0. The minimum Gasteiger partial charge on any atom is -0.388 e. The molecule has 1 heterocycles. The van der Waals surface area contributed by atoms with E-state index in [-0.39, 0.29) is 11.4 Å². The lowest BCUT2D eigenvalue weighted by atomic mass is 9.91. The highest BCUT2D eigenvalue weighted by Crippen LogP contribution is 2.28. The number of carbonyl (C=O) groups excluding carboxylic acids is 1. The van der Waals surface area contributed by atoms with Gasteiger partial charge in [-0.3, -0.25) is 0 Å². The molecule has 0 unspecified atom stereocenters. The highest BCUT2D eigenvalue weighted by Gasteiger charge is 2.31. The molecule has 1 saturated carbocycles. The molecule has 2 rings (SSSR count). The van der Waals surface area contributed by atoms with E-state index < -0.39 is 5.60 Å². The Balaban J connectivity index is 1.75.